The van der Waals surface area contributed by atoms with Gasteiger partial charge in [-0.2, -0.15) is 0 Å². The summed E-state index contributed by atoms with van der Waals surface area (Å²) in [4.78, 5) is 5.17. The van der Waals surface area contributed by atoms with Gasteiger partial charge in [0.25, 0.3) is 0 Å². The number of aliphatic hydroxyl groups excluding tert-OH is 1. The first kappa shape index (κ1) is 34.4. The monoisotopic (exact) mass is 582 g/mol. The Morgan fingerprint density at radius 2 is 1.07 bits per heavy atom. The van der Waals surface area contributed by atoms with Crippen LogP contribution in [0.25, 0.3) is 0 Å². The highest BCUT2D eigenvalue weighted by atomic mass is 16.5. The molecule has 0 amide bonds. The van der Waals surface area contributed by atoms with Crippen LogP contribution in [0.1, 0.15) is 72.4 Å². The van der Waals surface area contributed by atoms with Crippen LogP contribution in [0.3, 0.4) is 0 Å². The van der Waals surface area contributed by atoms with E-state index in [1.165, 1.54) is 33.9 Å². The Bertz CT molecular complexity index is 1090. The Balaban J connectivity index is 2.08. The van der Waals surface area contributed by atoms with Gasteiger partial charge >= 0.3 is 0 Å². The number of hydrogen-bond acceptors (Lipinski definition) is 4. The summed E-state index contributed by atoms with van der Waals surface area (Å²) in [6.45, 7) is 23.8. The largest absolute Gasteiger partial charge is 0.396 e. The summed E-state index contributed by atoms with van der Waals surface area (Å²) < 4.78 is 7.49. The molecular weight excluding hydrogens is 520 g/mol. The van der Waals surface area contributed by atoms with E-state index in [2.05, 4.69) is 123 Å². The number of quaternary nitrogens is 2. The van der Waals surface area contributed by atoms with E-state index in [-0.39, 0.29) is 17.4 Å². The van der Waals surface area contributed by atoms with Crippen molar-refractivity contribution in [3.8, 4) is 0 Å². The van der Waals surface area contributed by atoms with Crippen molar-refractivity contribution in [1.29, 1.82) is 0 Å². The van der Waals surface area contributed by atoms with Crippen LogP contribution < -0.4 is 9.80 Å². The molecule has 1 aliphatic rings. The molecule has 0 bridgehead atoms. The fourth-order valence-electron chi connectivity index (χ4n) is 5.81. The van der Waals surface area contributed by atoms with E-state index >= 15 is 0 Å². The molecule has 0 fully saturated rings. The van der Waals surface area contributed by atoms with Gasteiger partial charge in [0.1, 0.15) is 0 Å². The third-order valence-corrected chi connectivity index (χ3v) is 8.88. The Hall–Kier alpha value is -2.12. The Kier molecular flexibility index (Phi) is 11.2. The van der Waals surface area contributed by atoms with Crippen molar-refractivity contribution in [2.75, 3.05) is 97.1 Å². The molecule has 3 rings (SSSR count). The van der Waals surface area contributed by atoms with Crippen LogP contribution in [0.4, 0.5) is 22.7 Å². The molecule has 0 aliphatic carbocycles. The minimum atomic E-state index is 0.0644. The lowest BCUT2D eigenvalue weighted by Crippen LogP contribution is -2.48. The van der Waals surface area contributed by atoms with Crippen molar-refractivity contribution in [1.82, 2.24) is 0 Å². The van der Waals surface area contributed by atoms with Crippen molar-refractivity contribution >= 4 is 22.7 Å². The number of ether oxygens (including phenoxy) is 1. The molecule has 42 heavy (non-hydrogen) atoms. The van der Waals surface area contributed by atoms with Crippen LogP contribution >= 0.6 is 0 Å². The zero-order chi connectivity index (χ0) is 31.3. The lowest BCUT2D eigenvalue weighted by Gasteiger charge is -2.43. The fraction of sp³-hybridized carbons (Fsp3) is 0.667. The maximum absolute atomic E-state index is 9.50. The summed E-state index contributed by atoms with van der Waals surface area (Å²) in [5.74, 6) is 0. The highest BCUT2D eigenvalue weighted by Gasteiger charge is 2.33. The molecule has 1 aliphatic heterocycles. The lowest BCUT2D eigenvalue weighted by molar-refractivity contribution is -0.889. The average Bonchev–Trinajstić information content (AvgIpc) is 2.90. The summed E-state index contributed by atoms with van der Waals surface area (Å²) in [5, 5.41) is 9.50. The molecule has 1 N–H and O–H groups in total. The predicted molar refractivity (Wildman–Crippen MR) is 181 cm³/mol. The van der Waals surface area contributed by atoms with E-state index in [0.29, 0.717) is 0 Å². The van der Waals surface area contributed by atoms with Gasteiger partial charge in [-0.1, -0.05) is 53.7 Å². The number of likely N-dealkylation sites (N-methyl/N-ethyl adjacent to an activating group) is 2. The maximum Gasteiger partial charge on any atom is 0.0964 e. The molecular formula is C36H62N4O2+2. The Morgan fingerprint density at radius 3 is 1.48 bits per heavy atom. The van der Waals surface area contributed by atoms with E-state index in [9.17, 15) is 5.11 Å². The van der Waals surface area contributed by atoms with Gasteiger partial charge in [0.2, 0.25) is 0 Å². The third-order valence-electron chi connectivity index (χ3n) is 8.88. The van der Waals surface area contributed by atoms with E-state index in [1.54, 1.807) is 0 Å². The Morgan fingerprint density at radius 1 is 0.643 bits per heavy atom. The van der Waals surface area contributed by atoms with Crippen LogP contribution in [0, 0.1) is 0 Å². The van der Waals surface area contributed by atoms with Crippen LogP contribution in [-0.4, -0.2) is 101 Å². The third kappa shape index (κ3) is 8.95. The molecule has 2 aromatic rings. The van der Waals surface area contributed by atoms with Crippen LogP contribution in [0.2, 0.25) is 0 Å². The van der Waals surface area contributed by atoms with Crippen molar-refractivity contribution < 1.29 is 18.8 Å². The number of anilines is 4. The standard InChI is InChI=1S/C36H62N4O2/c1-12-42-26-14-22-40(10,11)23-19-37-31-17-15-29(35(2,3)4)27-33(31)38(20-24-39(8,9)21-13-25-41)34-28-30(36(5,6)7)16-18-32(34)37/h15-18,27-28,41H,12-14,19-26H2,1-11H3/q+2. The second kappa shape index (κ2) is 13.7. The van der Waals surface area contributed by atoms with Gasteiger partial charge in [-0.25, -0.2) is 0 Å². The molecule has 0 saturated heterocycles. The number of aliphatic hydroxyl groups is 1. The summed E-state index contributed by atoms with van der Waals surface area (Å²) >= 11 is 0. The van der Waals surface area contributed by atoms with Gasteiger partial charge in [-0.15, -0.1) is 0 Å². The highest BCUT2D eigenvalue weighted by Crippen LogP contribution is 2.50. The summed E-state index contributed by atoms with van der Waals surface area (Å²) in [6, 6.07) is 14.3. The van der Waals surface area contributed by atoms with E-state index in [4.69, 9.17) is 4.74 Å². The van der Waals surface area contributed by atoms with Gasteiger partial charge in [0.15, 0.2) is 0 Å². The minimum Gasteiger partial charge on any atom is -0.396 e. The molecule has 2 aromatic carbocycles. The van der Waals surface area contributed by atoms with Gasteiger partial charge in [0.05, 0.1) is 96.8 Å². The van der Waals surface area contributed by atoms with Gasteiger partial charge < -0.3 is 28.6 Å². The quantitative estimate of drug-likeness (QED) is 0.196. The molecule has 0 spiro atoms. The smallest absolute Gasteiger partial charge is 0.0964 e. The minimum absolute atomic E-state index is 0.0644. The van der Waals surface area contributed by atoms with Crippen LogP contribution in [0.15, 0.2) is 36.4 Å². The van der Waals surface area contributed by atoms with E-state index in [0.717, 1.165) is 74.3 Å². The van der Waals surface area contributed by atoms with Crippen molar-refractivity contribution in [2.24, 2.45) is 0 Å². The normalized spacial score (nSPS) is 14.3. The number of benzene rings is 2. The first-order chi connectivity index (χ1) is 19.5. The summed E-state index contributed by atoms with van der Waals surface area (Å²) in [5.41, 5.74) is 8.08. The van der Waals surface area contributed by atoms with Crippen LogP contribution in [0.5, 0.6) is 0 Å². The fourth-order valence-corrected chi connectivity index (χ4v) is 5.81. The molecule has 0 saturated carbocycles. The van der Waals surface area contributed by atoms with Crippen molar-refractivity contribution in [2.45, 2.75) is 72.1 Å². The summed E-state index contributed by atoms with van der Waals surface area (Å²) in [6.07, 6.45) is 1.91. The SMILES string of the molecule is CCOCCC[N+](C)(C)CCN1c2ccc(C(C)(C)C)cc2N(CC[N+](C)(C)CCCO)c2cc(C(C)(C)C)ccc21. The van der Waals surface area contributed by atoms with E-state index < -0.39 is 0 Å². The second-order valence-electron chi connectivity index (χ2n) is 15.6. The average molecular weight is 583 g/mol. The first-order valence-electron chi connectivity index (χ1n) is 16.2. The molecule has 236 valence electrons. The molecule has 6 nitrogen and oxygen atoms in total. The Labute approximate surface area is 258 Å². The van der Waals surface area contributed by atoms with Crippen LogP contribution in [-0.2, 0) is 15.6 Å². The molecule has 6 heteroatoms. The zero-order valence-corrected chi connectivity index (χ0v) is 28.9. The molecule has 1 heterocycles. The zero-order valence-electron chi connectivity index (χ0n) is 28.9. The first-order valence-corrected chi connectivity index (χ1v) is 16.2. The highest BCUT2D eigenvalue weighted by molar-refractivity contribution is 5.94. The number of fused-ring (bicyclic) bond motifs is 2. The number of rotatable bonds is 14. The molecule has 0 aromatic heterocycles. The predicted octanol–water partition coefficient (Wildman–Crippen LogP) is 6.83. The van der Waals surface area contributed by atoms with Crippen molar-refractivity contribution in [3.05, 3.63) is 47.5 Å². The van der Waals surface area contributed by atoms with Gasteiger partial charge in [-0.3, -0.25) is 0 Å². The molecule has 0 unspecified atom stereocenters. The molecule has 0 radical (unpaired) electrons. The number of nitrogens with zero attached hydrogens (tertiary/aromatic N) is 4. The van der Waals surface area contributed by atoms with Gasteiger partial charge in [0, 0.05) is 26.1 Å². The maximum atomic E-state index is 9.50. The second-order valence-corrected chi connectivity index (χ2v) is 15.6. The van der Waals surface area contributed by atoms with Crippen molar-refractivity contribution in [3.63, 3.8) is 0 Å². The lowest BCUT2D eigenvalue weighted by atomic mass is 9.85. The van der Waals surface area contributed by atoms with Gasteiger partial charge in [-0.05, 0) is 53.1 Å². The summed E-state index contributed by atoms with van der Waals surface area (Å²) in [7, 11) is 9.27. The van der Waals surface area contributed by atoms with E-state index in [1.807, 2.05) is 0 Å². The topological polar surface area (TPSA) is 35.9 Å². The number of hydrogen-bond donors (Lipinski definition) is 1. The molecule has 0 atom stereocenters.